The Morgan fingerprint density at radius 3 is 2.50 bits per heavy atom. The predicted molar refractivity (Wildman–Crippen MR) is 72.8 cm³/mol. The van der Waals surface area contributed by atoms with Gasteiger partial charge in [-0.2, -0.15) is 4.68 Å². The van der Waals surface area contributed by atoms with E-state index in [0.29, 0.717) is 27.5 Å². The molecule has 0 bridgehead atoms. The molecule has 0 aliphatic rings. The predicted octanol–water partition coefficient (Wildman–Crippen LogP) is 3.02. The summed E-state index contributed by atoms with van der Waals surface area (Å²) in [7, 11) is 0. The number of hydrogen-bond donors (Lipinski definition) is 1. The molecule has 96 valence electrons. The van der Waals surface area contributed by atoms with Crippen LogP contribution in [0.15, 0.2) is 6.07 Å². The zero-order valence-corrected chi connectivity index (χ0v) is 11.8. The second-order valence-corrected chi connectivity index (χ2v) is 4.59. The molecule has 2 rings (SSSR count). The van der Waals surface area contributed by atoms with Crippen molar-refractivity contribution in [2.45, 2.75) is 20.8 Å². The Morgan fingerprint density at radius 2 is 1.94 bits per heavy atom. The minimum atomic E-state index is 0.439. The maximum absolute atomic E-state index is 6.15. The van der Waals surface area contributed by atoms with Crippen LogP contribution in [0.4, 0.5) is 5.82 Å². The van der Waals surface area contributed by atoms with Crippen molar-refractivity contribution in [1.82, 2.24) is 19.7 Å². The number of pyridine rings is 1. The minimum Gasteiger partial charge on any atom is -0.369 e. The van der Waals surface area contributed by atoms with Gasteiger partial charge in [0, 0.05) is 6.54 Å². The van der Waals surface area contributed by atoms with Gasteiger partial charge in [0.1, 0.15) is 17.5 Å². The van der Waals surface area contributed by atoms with Gasteiger partial charge >= 0.3 is 0 Å². The summed E-state index contributed by atoms with van der Waals surface area (Å²) in [4.78, 5) is 8.62. The molecule has 0 amide bonds. The van der Waals surface area contributed by atoms with Gasteiger partial charge in [-0.25, -0.2) is 9.97 Å². The number of aryl methyl sites for hydroxylation is 2. The van der Waals surface area contributed by atoms with Crippen LogP contribution < -0.4 is 5.32 Å². The van der Waals surface area contributed by atoms with E-state index in [0.717, 1.165) is 12.4 Å². The first kappa shape index (κ1) is 13.1. The number of halogens is 2. The second-order valence-electron chi connectivity index (χ2n) is 3.77. The monoisotopic (exact) mass is 285 g/mol. The summed E-state index contributed by atoms with van der Waals surface area (Å²) in [5.41, 5.74) is 0. The van der Waals surface area contributed by atoms with Gasteiger partial charge in [0.15, 0.2) is 5.82 Å². The molecule has 0 radical (unpaired) electrons. The van der Waals surface area contributed by atoms with E-state index < -0.39 is 0 Å². The summed E-state index contributed by atoms with van der Waals surface area (Å²) < 4.78 is 1.61. The Labute approximate surface area is 115 Å². The first-order valence-electron chi connectivity index (χ1n) is 5.53. The number of rotatable bonds is 3. The molecule has 18 heavy (non-hydrogen) atoms. The largest absolute Gasteiger partial charge is 0.369 e. The van der Waals surface area contributed by atoms with Crippen molar-refractivity contribution in [3.05, 3.63) is 27.8 Å². The average molecular weight is 286 g/mol. The lowest BCUT2D eigenvalue weighted by molar-refractivity contribution is 0.804. The molecule has 1 N–H and O–H groups in total. The molecule has 0 aliphatic carbocycles. The van der Waals surface area contributed by atoms with Crippen LogP contribution in [0.25, 0.3) is 5.82 Å². The molecule has 0 saturated heterocycles. The van der Waals surface area contributed by atoms with E-state index in [4.69, 9.17) is 23.2 Å². The standard InChI is InChI=1S/C11H13Cl2N5/c1-4-14-10-8(12)5-9(13)11(16-10)18-7(3)15-6(2)17-18/h5H,4H2,1-3H3,(H,14,16). The van der Waals surface area contributed by atoms with Gasteiger partial charge in [0.05, 0.1) is 10.0 Å². The SMILES string of the molecule is CCNc1nc(-n2nc(C)nc2C)c(Cl)cc1Cl. The lowest BCUT2D eigenvalue weighted by atomic mass is 10.4. The van der Waals surface area contributed by atoms with Crippen LogP contribution in [0.2, 0.25) is 10.0 Å². The van der Waals surface area contributed by atoms with Crippen LogP contribution in [0, 0.1) is 13.8 Å². The normalized spacial score (nSPS) is 10.7. The van der Waals surface area contributed by atoms with Crippen LogP contribution in [-0.2, 0) is 0 Å². The lowest BCUT2D eigenvalue weighted by Gasteiger charge is -2.10. The summed E-state index contributed by atoms with van der Waals surface area (Å²) in [6, 6.07) is 1.65. The lowest BCUT2D eigenvalue weighted by Crippen LogP contribution is -2.07. The molecule has 0 unspecified atom stereocenters. The Hall–Kier alpha value is -1.33. The maximum Gasteiger partial charge on any atom is 0.176 e. The molecule has 5 nitrogen and oxygen atoms in total. The van der Waals surface area contributed by atoms with E-state index in [2.05, 4.69) is 20.4 Å². The fourth-order valence-electron chi connectivity index (χ4n) is 1.62. The van der Waals surface area contributed by atoms with Crippen molar-refractivity contribution >= 4 is 29.0 Å². The van der Waals surface area contributed by atoms with Crippen LogP contribution in [0.5, 0.6) is 0 Å². The van der Waals surface area contributed by atoms with Crippen molar-refractivity contribution in [3.63, 3.8) is 0 Å². The van der Waals surface area contributed by atoms with Crippen molar-refractivity contribution in [2.75, 3.05) is 11.9 Å². The number of aromatic nitrogens is 4. The van der Waals surface area contributed by atoms with E-state index >= 15 is 0 Å². The zero-order chi connectivity index (χ0) is 13.3. The van der Waals surface area contributed by atoms with E-state index in [1.165, 1.54) is 0 Å². The minimum absolute atomic E-state index is 0.439. The van der Waals surface area contributed by atoms with Gasteiger partial charge in [-0.05, 0) is 26.8 Å². The van der Waals surface area contributed by atoms with Crippen molar-refractivity contribution in [1.29, 1.82) is 0 Å². The Bertz CT molecular complexity index is 579. The van der Waals surface area contributed by atoms with Gasteiger partial charge in [-0.3, -0.25) is 0 Å². The fourth-order valence-corrected chi connectivity index (χ4v) is 2.12. The summed E-state index contributed by atoms with van der Waals surface area (Å²) in [5.74, 6) is 2.51. The number of nitrogens with zero attached hydrogens (tertiary/aromatic N) is 4. The number of nitrogens with one attached hydrogen (secondary N) is 1. The maximum atomic E-state index is 6.15. The topological polar surface area (TPSA) is 55.6 Å². The Balaban J connectivity index is 2.56. The number of anilines is 1. The van der Waals surface area contributed by atoms with Gasteiger partial charge in [0.25, 0.3) is 0 Å². The molecular formula is C11H13Cl2N5. The summed E-state index contributed by atoms with van der Waals surface area (Å²) in [5, 5.41) is 8.26. The van der Waals surface area contributed by atoms with Gasteiger partial charge < -0.3 is 5.32 Å². The van der Waals surface area contributed by atoms with Crippen LogP contribution in [0.3, 0.4) is 0 Å². The molecule has 0 aromatic carbocycles. The number of hydrogen-bond acceptors (Lipinski definition) is 4. The fraction of sp³-hybridized carbons (Fsp3) is 0.364. The molecule has 7 heteroatoms. The average Bonchev–Trinajstić information content (AvgIpc) is 2.62. The summed E-state index contributed by atoms with van der Waals surface area (Å²) in [6.07, 6.45) is 0. The Kier molecular flexibility index (Phi) is 3.73. The highest BCUT2D eigenvalue weighted by molar-refractivity contribution is 6.36. The first-order chi connectivity index (χ1) is 8.52. The highest BCUT2D eigenvalue weighted by Gasteiger charge is 2.14. The van der Waals surface area contributed by atoms with Crippen molar-refractivity contribution < 1.29 is 0 Å². The van der Waals surface area contributed by atoms with Gasteiger partial charge in [-0.15, -0.1) is 5.10 Å². The third kappa shape index (κ3) is 2.42. The van der Waals surface area contributed by atoms with Crippen molar-refractivity contribution in [2.24, 2.45) is 0 Å². The highest BCUT2D eigenvalue weighted by atomic mass is 35.5. The molecule has 0 spiro atoms. The highest BCUT2D eigenvalue weighted by Crippen LogP contribution is 2.28. The van der Waals surface area contributed by atoms with E-state index in [9.17, 15) is 0 Å². The van der Waals surface area contributed by atoms with Gasteiger partial charge in [0.2, 0.25) is 0 Å². The molecule has 2 heterocycles. The molecule has 2 aromatic heterocycles. The van der Waals surface area contributed by atoms with E-state index in [1.54, 1.807) is 10.7 Å². The third-order valence-electron chi connectivity index (χ3n) is 2.33. The first-order valence-corrected chi connectivity index (χ1v) is 6.29. The third-order valence-corrected chi connectivity index (χ3v) is 2.90. The van der Waals surface area contributed by atoms with Crippen LogP contribution in [-0.4, -0.2) is 26.3 Å². The zero-order valence-electron chi connectivity index (χ0n) is 10.3. The smallest absolute Gasteiger partial charge is 0.176 e. The summed E-state index contributed by atoms with van der Waals surface area (Å²) >= 11 is 12.2. The van der Waals surface area contributed by atoms with Crippen LogP contribution >= 0.6 is 23.2 Å². The molecule has 0 saturated carbocycles. The molecule has 2 aromatic rings. The second kappa shape index (κ2) is 5.12. The van der Waals surface area contributed by atoms with E-state index in [1.807, 2.05) is 20.8 Å². The van der Waals surface area contributed by atoms with E-state index in [-0.39, 0.29) is 0 Å². The van der Waals surface area contributed by atoms with Crippen LogP contribution in [0.1, 0.15) is 18.6 Å². The van der Waals surface area contributed by atoms with Gasteiger partial charge in [-0.1, -0.05) is 23.2 Å². The molecule has 0 fully saturated rings. The summed E-state index contributed by atoms with van der Waals surface area (Å²) in [6.45, 7) is 6.36. The molecular weight excluding hydrogens is 273 g/mol. The quantitative estimate of drug-likeness (QED) is 0.942. The Morgan fingerprint density at radius 1 is 1.22 bits per heavy atom. The molecule has 0 aliphatic heterocycles. The molecule has 0 atom stereocenters. The van der Waals surface area contributed by atoms with Crippen molar-refractivity contribution in [3.8, 4) is 5.82 Å².